The van der Waals surface area contributed by atoms with Crippen molar-refractivity contribution >= 4 is 6.29 Å². The normalized spacial score (nSPS) is 10.9. The Morgan fingerprint density at radius 3 is 2.64 bits per heavy atom. The van der Waals surface area contributed by atoms with Crippen molar-refractivity contribution in [1.29, 1.82) is 0 Å². The topological polar surface area (TPSA) is 34.9 Å². The summed E-state index contributed by atoms with van der Waals surface area (Å²) in [5, 5.41) is 0. The van der Waals surface area contributed by atoms with Crippen LogP contribution >= 0.6 is 0 Å². The van der Waals surface area contributed by atoms with Gasteiger partial charge < -0.3 is 4.57 Å². The van der Waals surface area contributed by atoms with Gasteiger partial charge in [0.25, 0.3) is 0 Å². The fourth-order valence-electron chi connectivity index (χ4n) is 1.45. The van der Waals surface area contributed by atoms with Crippen LogP contribution in [0.15, 0.2) is 0 Å². The van der Waals surface area contributed by atoms with Gasteiger partial charge in [-0.15, -0.1) is 0 Å². The van der Waals surface area contributed by atoms with Crippen molar-refractivity contribution in [2.75, 3.05) is 0 Å². The van der Waals surface area contributed by atoms with E-state index in [4.69, 9.17) is 0 Å². The van der Waals surface area contributed by atoms with Gasteiger partial charge in [0.05, 0.1) is 5.69 Å². The monoisotopic (exact) mass is 194 g/mol. The van der Waals surface area contributed by atoms with E-state index in [-0.39, 0.29) is 0 Å². The van der Waals surface area contributed by atoms with Gasteiger partial charge in [-0.25, -0.2) is 4.98 Å². The SMILES string of the molecule is Cc1nc(CCC(C)C)c(C=O)n1C. The summed E-state index contributed by atoms with van der Waals surface area (Å²) < 4.78 is 1.85. The zero-order valence-electron chi connectivity index (χ0n) is 9.37. The van der Waals surface area contributed by atoms with E-state index < -0.39 is 0 Å². The third-order valence-corrected chi connectivity index (χ3v) is 2.51. The summed E-state index contributed by atoms with van der Waals surface area (Å²) in [5.41, 5.74) is 1.66. The lowest BCUT2D eigenvalue weighted by atomic mass is 10.1. The molecule has 14 heavy (non-hydrogen) atoms. The predicted octanol–water partition coefficient (Wildman–Crippen LogP) is 2.13. The molecule has 0 saturated carbocycles. The molecule has 0 radical (unpaired) electrons. The maximum absolute atomic E-state index is 10.8. The summed E-state index contributed by atoms with van der Waals surface area (Å²) in [6.45, 7) is 6.28. The number of hydrogen-bond acceptors (Lipinski definition) is 2. The van der Waals surface area contributed by atoms with Gasteiger partial charge in [0.15, 0.2) is 6.29 Å². The van der Waals surface area contributed by atoms with Crippen LogP contribution in [0.25, 0.3) is 0 Å². The Balaban J connectivity index is 2.86. The van der Waals surface area contributed by atoms with Gasteiger partial charge in [-0.05, 0) is 25.7 Å². The van der Waals surface area contributed by atoms with E-state index in [0.717, 1.165) is 36.3 Å². The summed E-state index contributed by atoms with van der Waals surface area (Å²) >= 11 is 0. The predicted molar refractivity (Wildman–Crippen MR) is 56.5 cm³/mol. The molecule has 0 bridgehead atoms. The zero-order valence-corrected chi connectivity index (χ0v) is 9.37. The molecule has 1 rings (SSSR count). The van der Waals surface area contributed by atoms with Crippen molar-refractivity contribution in [1.82, 2.24) is 9.55 Å². The number of nitrogens with zero attached hydrogens (tertiary/aromatic N) is 2. The first-order chi connectivity index (χ1) is 6.56. The van der Waals surface area contributed by atoms with E-state index in [1.165, 1.54) is 0 Å². The van der Waals surface area contributed by atoms with E-state index >= 15 is 0 Å². The Bertz CT molecular complexity index is 326. The standard InChI is InChI=1S/C11H18N2O/c1-8(2)5-6-10-11(7-14)13(4)9(3)12-10/h7-8H,5-6H2,1-4H3. The molecule has 0 amide bonds. The number of imidazole rings is 1. The molecule has 0 aromatic carbocycles. The molecule has 0 aliphatic carbocycles. The molecule has 0 spiro atoms. The minimum absolute atomic E-state index is 0.650. The molecule has 0 unspecified atom stereocenters. The van der Waals surface area contributed by atoms with Gasteiger partial charge >= 0.3 is 0 Å². The van der Waals surface area contributed by atoms with Gasteiger partial charge in [-0.1, -0.05) is 13.8 Å². The third-order valence-electron chi connectivity index (χ3n) is 2.51. The Hall–Kier alpha value is -1.12. The quantitative estimate of drug-likeness (QED) is 0.688. The van der Waals surface area contributed by atoms with Crippen molar-refractivity contribution in [3.8, 4) is 0 Å². The highest BCUT2D eigenvalue weighted by atomic mass is 16.1. The molecule has 78 valence electrons. The van der Waals surface area contributed by atoms with Crippen LogP contribution in [-0.2, 0) is 13.5 Å². The minimum Gasteiger partial charge on any atom is -0.329 e. The molecule has 3 nitrogen and oxygen atoms in total. The molecule has 0 atom stereocenters. The lowest BCUT2D eigenvalue weighted by Crippen LogP contribution is -2.00. The van der Waals surface area contributed by atoms with Crippen molar-refractivity contribution < 1.29 is 4.79 Å². The first kappa shape index (κ1) is 11.0. The van der Waals surface area contributed by atoms with E-state index in [9.17, 15) is 4.79 Å². The summed E-state index contributed by atoms with van der Waals surface area (Å²) in [5.74, 6) is 1.56. The summed E-state index contributed by atoms with van der Waals surface area (Å²) in [6, 6.07) is 0. The van der Waals surface area contributed by atoms with Crippen LogP contribution in [0.2, 0.25) is 0 Å². The van der Waals surface area contributed by atoms with E-state index in [1.807, 2.05) is 18.5 Å². The van der Waals surface area contributed by atoms with Crippen LogP contribution in [0.3, 0.4) is 0 Å². The number of carbonyl (C=O) groups is 1. The second-order valence-corrected chi connectivity index (χ2v) is 4.10. The average molecular weight is 194 g/mol. The highest BCUT2D eigenvalue weighted by molar-refractivity contribution is 5.74. The molecule has 0 N–H and O–H groups in total. The Labute approximate surface area is 85.2 Å². The Morgan fingerprint density at radius 2 is 2.14 bits per heavy atom. The molecule has 1 aromatic rings. The molecule has 0 aliphatic rings. The van der Waals surface area contributed by atoms with Crippen LogP contribution < -0.4 is 0 Å². The first-order valence-corrected chi connectivity index (χ1v) is 5.03. The molecule has 0 saturated heterocycles. The third kappa shape index (κ3) is 2.22. The molecule has 1 aromatic heterocycles. The first-order valence-electron chi connectivity index (χ1n) is 5.03. The van der Waals surface area contributed by atoms with E-state index in [2.05, 4.69) is 18.8 Å². The number of aryl methyl sites for hydroxylation is 2. The molecule has 3 heteroatoms. The highest BCUT2D eigenvalue weighted by Gasteiger charge is 2.11. The molecule has 0 aliphatic heterocycles. The fraction of sp³-hybridized carbons (Fsp3) is 0.636. The lowest BCUT2D eigenvalue weighted by Gasteiger charge is -2.02. The van der Waals surface area contributed by atoms with Crippen molar-refractivity contribution in [2.24, 2.45) is 13.0 Å². The number of carbonyl (C=O) groups excluding carboxylic acids is 1. The Morgan fingerprint density at radius 1 is 1.50 bits per heavy atom. The van der Waals surface area contributed by atoms with Crippen LogP contribution in [0.4, 0.5) is 0 Å². The van der Waals surface area contributed by atoms with Gasteiger partial charge in [0.1, 0.15) is 11.5 Å². The number of hydrogen-bond donors (Lipinski definition) is 0. The maximum Gasteiger partial charge on any atom is 0.168 e. The lowest BCUT2D eigenvalue weighted by molar-refractivity contribution is 0.111. The zero-order chi connectivity index (χ0) is 10.7. The smallest absolute Gasteiger partial charge is 0.168 e. The van der Waals surface area contributed by atoms with Gasteiger partial charge in [-0.2, -0.15) is 0 Å². The fourth-order valence-corrected chi connectivity index (χ4v) is 1.45. The van der Waals surface area contributed by atoms with Gasteiger partial charge in [0.2, 0.25) is 0 Å². The number of aromatic nitrogens is 2. The van der Waals surface area contributed by atoms with Crippen LogP contribution in [0.5, 0.6) is 0 Å². The molecular formula is C11H18N2O. The minimum atomic E-state index is 0.650. The summed E-state index contributed by atoms with van der Waals surface area (Å²) in [7, 11) is 1.88. The van der Waals surface area contributed by atoms with Crippen molar-refractivity contribution in [3.05, 3.63) is 17.2 Å². The van der Waals surface area contributed by atoms with Crippen molar-refractivity contribution in [2.45, 2.75) is 33.6 Å². The van der Waals surface area contributed by atoms with Gasteiger partial charge in [0, 0.05) is 7.05 Å². The number of aldehydes is 1. The Kier molecular flexibility index (Phi) is 3.44. The van der Waals surface area contributed by atoms with Crippen LogP contribution in [-0.4, -0.2) is 15.8 Å². The van der Waals surface area contributed by atoms with Crippen LogP contribution in [0, 0.1) is 12.8 Å². The maximum atomic E-state index is 10.8. The second-order valence-electron chi connectivity index (χ2n) is 4.10. The summed E-state index contributed by atoms with van der Waals surface area (Å²) in [6.07, 6.45) is 2.88. The number of rotatable bonds is 4. The second kappa shape index (κ2) is 4.40. The van der Waals surface area contributed by atoms with E-state index in [1.54, 1.807) is 0 Å². The largest absolute Gasteiger partial charge is 0.329 e. The molecular weight excluding hydrogens is 176 g/mol. The average Bonchev–Trinajstić information content (AvgIpc) is 2.39. The van der Waals surface area contributed by atoms with Gasteiger partial charge in [-0.3, -0.25) is 4.79 Å². The van der Waals surface area contributed by atoms with E-state index in [0.29, 0.717) is 5.92 Å². The molecule has 1 heterocycles. The summed E-state index contributed by atoms with van der Waals surface area (Å²) in [4.78, 5) is 15.2. The van der Waals surface area contributed by atoms with Crippen molar-refractivity contribution in [3.63, 3.8) is 0 Å². The highest BCUT2D eigenvalue weighted by Crippen LogP contribution is 2.12. The molecule has 0 fully saturated rings. The van der Waals surface area contributed by atoms with Crippen LogP contribution in [0.1, 0.15) is 42.3 Å².